The molecule has 0 amide bonds. The Hall–Kier alpha value is -1.04. The molecule has 76 valence electrons. The number of aryl methyl sites for hydroxylation is 1. The fourth-order valence-corrected chi connectivity index (χ4v) is 1.63. The van der Waals surface area contributed by atoms with Gasteiger partial charge in [-0.25, -0.2) is 18.6 Å². The lowest BCUT2D eigenvalue weighted by atomic mass is 10.1. The average Bonchev–Trinajstić information content (AvgIpc) is 2.01. The van der Waals surface area contributed by atoms with Crippen LogP contribution in [0.25, 0.3) is 0 Å². The quantitative estimate of drug-likeness (QED) is 0.837. The minimum atomic E-state index is -2.89. The third-order valence-electron chi connectivity index (χ3n) is 1.63. The largest absolute Gasteiger partial charge is 0.478 e. The molecule has 1 aromatic heterocycles. The highest BCUT2D eigenvalue weighted by Crippen LogP contribution is 2.25. The second kappa shape index (κ2) is 4.00. The molecule has 0 saturated carbocycles. The number of aromatic carboxylic acids is 1. The van der Waals surface area contributed by atoms with Crippen LogP contribution in [0.2, 0.25) is 0 Å². The van der Waals surface area contributed by atoms with E-state index in [1.807, 2.05) is 0 Å². The minimum absolute atomic E-state index is 0.204. The topological polar surface area (TPSA) is 50.2 Å². The second-order valence-corrected chi connectivity index (χ2v) is 3.44. The molecule has 0 saturated heterocycles. The number of carboxylic acids is 1. The summed E-state index contributed by atoms with van der Waals surface area (Å²) >= 11 is 2.93. The third-order valence-corrected chi connectivity index (χ3v) is 2.04. The van der Waals surface area contributed by atoms with E-state index in [0.717, 1.165) is 0 Å². The van der Waals surface area contributed by atoms with E-state index in [2.05, 4.69) is 20.9 Å². The van der Waals surface area contributed by atoms with Crippen molar-refractivity contribution in [3.8, 4) is 0 Å². The molecule has 1 heterocycles. The lowest BCUT2D eigenvalue weighted by Gasteiger charge is -2.07. The molecule has 14 heavy (non-hydrogen) atoms. The highest BCUT2D eigenvalue weighted by molar-refractivity contribution is 9.10. The molecule has 0 fully saturated rings. The summed E-state index contributed by atoms with van der Waals surface area (Å²) in [6, 6.07) is 1.38. The van der Waals surface area contributed by atoms with Crippen LogP contribution in [0.1, 0.15) is 28.0 Å². The molecule has 0 unspecified atom stereocenters. The van der Waals surface area contributed by atoms with E-state index < -0.39 is 23.7 Å². The number of nitrogens with zero attached hydrogens (tertiary/aromatic N) is 1. The van der Waals surface area contributed by atoms with Gasteiger partial charge in [0.15, 0.2) is 0 Å². The Kier molecular flexibility index (Phi) is 3.15. The van der Waals surface area contributed by atoms with Crippen LogP contribution in [0.3, 0.4) is 0 Å². The van der Waals surface area contributed by atoms with Crippen molar-refractivity contribution in [2.24, 2.45) is 0 Å². The summed E-state index contributed by atoms with van der Waals surface area (Å²) < 4.78 is 25.0. The van der Waals surface area contributed by atoms with Crippen LogP contribution in [-0.4, -0.2) is 16.1 Å². The van der Waals surface area contributed by atoms with E-state index >= 15 is 0 Å². The van der Waals surface area contributed by atoms with Gasteiger partial charge in [-0.2, -0.15) is 0 Å². The first kappa shape index (κ1) is 11.0. The molecule has 0 atom stereocenters. The molecule has 0 aliphatic carbocycles. The number of hydrogen-bond acceptors (Lipinski definition) is 2. The number of pyridine rings is 1. The van der Waals surface area contributed by atoms with Crippen molar-refractivity contribution in [1.82, 2.24) is 4.98 Å². The highest BCUT2D eigenvalue weighted by atomic mass is 79.9. The normalized spacial score (nSPS) is 10.6. The van der Waals surface area contributed by atoms with Gasteiger partial charge in [0.05, 0.1) is 5.56 Å². The fraction of sp³-hybridized carbons (Fsp3) is 0.250. The van der Waals surface area contributed by atoms with Gasteiger partial charge < -0.3 is 5.11 Å². The first-order valence-electron chi connectivity index (χ1n) is 3.62. The number of carbonyl (C=O) groups is 1. The molecule has 0 spiro atoms. The molecule has 6 heteroatoms. The molecule has 1 N–H and O–H groups in total. The number of hydrogen-bond donors (Lipinski definition) is 1. The van der Waals surface area contributed by atoms with E-state index in [9.17, 15) is 13.6 Å². The van der Waals surface area contributed by atoms with Gasteiger partial charge in [-0.1, -0.05) is 0 Å². The van der Waals surface area contributed by atoms with Crippen LogP contribution in [-0.2, 0) is 0 Å². The Balaban J connectivity index is 3.44. The molecule has 0 aromatic carbocycles. The van der Waals surface area contributed by atoms with E-state index in [1.54, 1.807) is 0 Å². The van der Waals surface area contributed by atoms with Crippen LogP contribution in [0, 0.1) is 6.92 Å². The molecule has 1 rings (SSSR count). The maximum atomic E-state index is 12.4. The molecular weight excluding hydrogens is 260 g/mol. The summed E-state index contributed by atoms with van der Waals surface area (Å²) in [5, 5.41) is 8.70. The molecule has 0 aliphatic rings. The van der Waals surface area contributed by atoms with Crippen molar-refractivity contribution >= 4 is 21.9 Å². The standard InChI is InChI=1S/C8H6BrF2NO2/c1-3-2-4(9)12-6(7(10)11)5(3)8(13)14/h2,7H,1H3,(H,13,14). The molecule has 0 aliphatic heterocycles. The Morgan fingerprint density at radius 3 is 2.64 bits per heavy atom. The average molecular weight is 266 g/mol. The van der Waals surface area contributed by atoms with Crippen molar-refractivity contribution in [1.29, 1.82) is 0 Å². The Labute approximate surface area is 86.9 Å². The fourth-order valence-electron chi connectivity index (χ4n) is 1.09. The monoisotopic (exact) mass is 265 g/mol. The Morgan fingerprint density at radius 2 is 2.21 bits per heavy atom. The molecule has 0 radical (unpaired) electrons. The van der Waals surface area contributed by atoms with Crippen LogP contribution >= 0.6 is 15.9 Å². The van der Waals surface area contributed by atoms with Crippen LogP contribution in [0.5, 0.6) is 0 Å². The minimum Gasteiger partial charge on any atom is -0.478 e. The summed E-state index contributed by atoms with van der Waals surface area (Å²) in [5.74, 6) is -1.39. The number of carboxylic acid groups (broad SMARTS) is 1. The smallest absolute Gasteiger partial charge is 0.338 e. The van der Waals surface area contributed by atoms with Gasteiger partial charge >= 0.3 is 5.97 Å². The number of rotatable bonds is 2. The highest BCUT2D eigenvalue weighted by Gasteiger charge is 2.22. The SMILES string of the molecule is Cc1cc(Br)nc(C(F)F)c1C(=O)O. The van der Waals surface area contributed by atoms with Gasteiger partial charge in [0.2, 0.25) is 0 Å². The van der Waals surface area contributed by atoms with Gasteiger partial charge in [0.1, 0.15) is 10.3 Å². The number of aromatic nitrogens is 1. The van der Waals surface area contributed by atoms with Crippen molar-refractivity contribution in [3.63, 3.8) is 0 Å². The summed E-state index contributed by atoms with van der Waals surface area (Å²) in [7, 11) is 0. The first-order valence-corrected chi connectivity index (χ1v) is 4.41. The maximum Gasteiger partial charge on any atom is 0.338 e. The summed E-state index contributed by atoms with van der Waals surface area (Å²) in [5.41, 5.74) is -0.873. The van der Waals surface area contributed by atoms with E-state index in [1.165, 1.54) is 13.0 Å². The first-order chi connectivity index (χ1) is 6.43. The second-order valence-electron chi connectivity index (χ2n) is 2.63. The van der Waals surface area contributed by atoms with Gasteiger partial charge in [0.25, 0.3) is 6.43 Å². The predicted molar refractivity (Wildman–Crippen MR) is 48.6 cm³/mol. The maximum absolute atomic E-state index is 12.4. The van der Waals surface area contributed by atoms with Gasteiger partial charge in [-0.3, -0.25) is 0 Å². The van der Waals surface area contributed by atoms with E-state index in [4.69, 9.17) is 5.11 Å². The molecule has 3 nitrogen and oxygen atoms in total. The number of halogens is 3. The third kappa shape index (κ3) is 2.06. The van der Waals surface area contributed by atoms with Crippen molar-refractivity contribution in [2.45, 2.75) is 13.3 Å². The zero-order valence-electron chi connectivity index (χ0n) is 7.09. The lowest BCUT2D eigenvalue weighted by Crippen LogP contribution is -2.08. The molecular formula is C8H6BrF2NO2. The van der Waals surface area contributed by atoms with Gasteiger partial charge in [-0.05, 0) is 34.5 Å². The van der Waals surface area contributed by atoms with E-state index in [-0.39, 0.29) is 10.2 Å². The number of alkyl halides is 2. The zero-order valence-corrected chi connectivity index (χ0v) is 8.68. The van der Waals surface area contributed by atoms with Crippen molar-refractivity contribution < 1.29 is 18.7 Å². The summed E-state index contributed by atoms with van der Waals surface area (Å²) in [4.78, 5) is 14.1. The van der Waals surface area contributed by atoms with Gasteiger partial charge in [0, 0.05) is 0 Å². The Morgan fingerprint density at radius 1 is 1.64 bits per heavy atom. The lowest BCUT2D eigenvalue weighted by molar-refractivity contribution is 0.0681. The van der Waals surface area contributed by atoms with Crippen LogP contribution < -0.4 is 0 Å². The summed E-state index contributed by atoms with van der Waals surface area (Å²) in [6.45, 7) is 1.45. The molecule has 1 aromatic rings. The summed E-state index contributed by atoms with van der Waals surface area (Å²) in [6.07, 6.45) is -2.89. The zero-order chi connectivity index (χ0) is 10.9. The van der Waals surface area contributed by atoms with Crippen molar-refractivity contribution in [2.75, 3.05) is 0 Å². The van der Waals surface area contributed by atoms with Gasteiger partial charge in [-0.15, -0.1) is 0 Å². The Bertz CT molecular complexity index is 382. The van der Waals surface area contributed by atoms with E-state index in [0.29, 0.717) is 0 Å². The predicted octanol–water partition coefficient (Wildman–Crippen LogP) is 2.79. The van der Waals surface area contributed by atoms with Crippen molar-refractivity contribution in [3.05, 3.63) is 27.5 Å². The van der Waals surface area contributed by atoms with Crippen LogP contribution in [0.4, 0.5) is 8.78 Å². The molecule has 0 bridgehead atoms. The van der Waals surface area contributed by atoms with Crippen LogP contribution in [0.15, 0.2) is 10.7 Å².